The van der Waals surface area contributed by atoms with Crippen molar-refractivity contribution in [3.8, 4) is 0 Å². The van der Waals surface area contributed by atoms with E-state index in [2.05, 4.69) is 24.1 Å². The number of likely N-dealkylation sites (N-methyl/N-ethyl adjacent to an activating group) is 1. The van der Waals surface area contributed by atoms with Gasteiger partial charge in [0.15, 0.2) is 0 Å². The summed E-state index contributed by atoms with van der Waals surface area (Å²) in [6, 6.07) is 7.48. The second-order valence-electron chi connectivity index (χ2n) is 4.25. The fourth-order valence-electron chi connectivity index (χ4n) is 1.82. The normalized spacial score (nSPS) is 10.6. The Bertz CT molecular complexity index is 375. The molecule has 0 atom stereocenters. The molecule has 4 heteroatoms. The summed E-state index contributed by atoms with van der Waals surface area (Å²) in [6.07, 6.45) is 0.352. The van der Waals surface area contributed by atoms with E-state index in [1.54, 1.807) is 0 Å². The highest BCUT2D eigenvalue weighted by Crippen LogP contribution is 2.10. The van der Waals surface area contributed by atoms with Gasteiger partial charge in [-0.3, -0.25) is 4.79 Å². The van der Waals surface area contributed by atoms with Gasteiger partial charge in [0.2, 0.25) is 5.91 Å². The van der Waals surface area contributed by atoms with E-state index in [1.165, 1.54) is 0 Å². The molecule has 0 aromatic heterocycles. The lowest BCUT2D eigenvalue weighted by molar-refractivity contribution is -0.120. The number of nitrogens with one attached hydrogen (secondary N) is 1. The van der Waals surface area contributed by atoms with Crippen LogP contribution in [0.25, 0.3) is 0 Å². The number of nitrogen functional groups attached to an aromatic ring is 1. The van der Waals surface area contributed by atoms with Gasteiger partial charge in [-0.25, -0.2) is 0 Å². The molecule has 1 aromatic carbocycles. The van der Waals surface area contributed by atoms with E-state index in [0.717, 1.165) is 25.2 Å². The van der Waals surface area contributed by atoms with Gasteiger partial charge in [0.1, 0.15) is 0 Å². The summed E-state index contributed by atoms with van der Waals surface area (Å²) in [5.74, 6) is 0.0278. The second kappa shape index (κ2) is 7.71. The molecule has 0 fully saturated rings. The van der Waals surface area contributed by atoms with Crippen LogP contribution in [0, 0.1) is 0 Å². The Hall–Kier alpha value is -1.55. The summed E-state index contributed by atoms with van der Waals surface area (Å²) in [5, 5.41) is 2.92. The summed E-state index contributed by atoms with van der Waals surface area (Å²) in [7, 11) is 0. The summed E-state index contributed by atoms with van der Waals surface area (Å²) >= 11 is 0. The minimum atomic E-state index is 0.0278. The summed E-state index contributed by atoms with van der Waals surface area (Å²) in [6.45, 7) is 7.85. The Balaban J connectivity index is 2.32. The molecule has 1 rings (SSSR count). The van der Waals surface area contributed by atoms with E-state index >= 15 is 0 Å². The van der Waals surface area contributed by atoms with Crippen LogP contribution in [0.1, 0.15) is 19.4 Å². The van der Waals surface area contributed by atoms with Crippen LogP contribution in [-0.4, -0.2) is 37.0 Å². The van der Waals surface area contributed by atoms with Crippen molar-refractivity contribution in [3.05, 3.63) is 29.8 Å². The number of nitrogens with two attached hydrogens (primary N) is 1. The number of rotatable bonds is 7. The molecule has 4 nitrogen and oxygen atoms in total. The van der Waals surface area contributed by atoms with Gasteiger partial charge < -0.3 is 16.0 Å². The first-order valence-corrected chi connectivity index (χ1v) is 6.49. The summed E-state index contributed by atoms with van der Waals surface area (Å²) in [5.41, 5.74) is 7.36. The van der Waals surface area contributed by atoms with Crippen LogP contribution in [0.2, 0.25) is 0 Å². The van der Waals surface area contributed by atoms with Crippen LogP contribution in [0.3, 0.4) is 0 Å². The molecule has 0 spiro atoms. The number of amides is 1. The Morgan fingerprint density at radius 2 is 1.94 bits per heavy atom. The molecule has 3 N–H and O–H groups in total. The van der Waals surface area contributed by atoms with Crippen molar-refractivity contribution in [2.24, 2.45) is 0 Å². The third kappa shape index (κ3) is 4.75. The minimum absolute atomic E-state index is 0.0278. The first-order valence-electron chi connectivity index (χ1n) is 6.49. The Labute approximate surface area is 109 Å². The van der Waals surface area contributed by atoms with E-state index < -0.39 is 0 Å². The van der Waals surface area contributed by atoms with Crippen molar-refractivity contribution >= 4 is 11.6 Å². The molecule has 100 valence electrons. The van der Waals surface area contributed by atoms with Gasteiger partial charge in [0.25, 0.3) is 0 Å². The minimum Gasteiger partial charge on any atom is -0.398 e. The molecule has 18 heavy (non-hydrogen) atoms. The van der Waals surface area contributed by atoms with E-state index in [1.807, 2.05) is 24.3 Å². The Kier molecular flexibility index (Phi) is 6.22. The van der Waals surface area contributed by atoms with Gasteiger partial charge in [0, 0.05) is 18.8 Å². The van der Waals surface area contributed by atoms with Gasteiger partial charge in [-0.15, -0.1) is 0 Å². The lowest BCUT2D eigenvalue weighted by Crippen LogP contribution is -2.35. The number of anilines is 1. The van der Waals surface area contributed by atoms with E-state index in [-0.39, 0.29) is 5.91 Å². The highest BCUT2D eigenvalue weighted by atomic mass is 16.1. The van der Waals surface area contributed by atoms with Crippen LogP contribution in [0.15, 0.2) is 24.3 Å². The smallest absolute Gasteiger partial charge is 0.224 e. The lowest BCUT2D eigenvalue weighted by Gasteiger charge is -2.18. The molecule has 0 bridgehead atoms. The molecule has 0 saturated carbocycles. The molecule has 0 aliphatic carbocycles. The number of para-hydroxylation sites is 1. The van der Waals surface area contributed by atoms with Gasteiger partial charge in [-0.05, 0) is 24.7 Å². The van der Waals surface area contributed by atoms with Crippen molar-refractivity contribution in [1.82, 2.24) is 10.2 Å². The van der Waals surface area contributed by atoms with Crippen LogP contribution in [-0.2, 0) is 11.2 Å². The topological polar surface area (TPSA) is 58.4 Å². The molecule has 0 aliphatic rings. The molecule has 0 aliphatic heterocycles. The molecule has 1 aromatic rings. The number of carbonyl (C=O) groups excluding carboxylic acids is 1. The van der Waals surface area contributed by atoms with E-state index in [9.17, 15) is 4.79 Å². The van der Waals surface area contributed by atoms with Crippen molar-refractivity contribution < 1.29 is 4.79 Å². The SMILES string of the molecule is CCN(CC)CCNC(=O)Cc1ccccc1N. The fraction of sp³-hybridized carbons (Fsp3) is 0.500. The zero-order valence-corrected chi connectivity index (χ0v) is 11.3. The monoisotopic (exact) mass is 249 g/mol. The maximum absolute atomic E-state index is 11.7. The zero-order chi connectivity index (χ0) is 13.4. The lowest BCUT2D eigenvalue weighted by atomic mass is 10.1. The van der Waals surface area contributed by atoms with Gasteiger partial charge in [-0.1, -0.05) is 32.0 Å². The maximum Gasteiger partial charge on any atom is 0.224 e. The van der Waals surface area contributed by atoms with Crippen molar-refractivity contribution in [3.63, 3.8) is 0 Å². The first kappa shape index (κ1) is 14.5. The van der Waals surface area contributed by atoms with Gasteiger partial charge in [-0.2, -0.15) is 0 Å². The highest BCUT2D eigenvalue weighted by Gasteiger charge is 2.06. The Morgan fingerprint density at radius 1 is 1.28 bits per heavy atom. The maximum atomic E-state index is 11.7. The molecule has 0 heterocycles. The predicted molar refractivity (Wildman–Crippen MR) is 75.4 cm³/mol. The third-order valence-corrected chi connectivity index (χ3v) is 3.05. The molecule has 1 amide bonds. The largest absolute Gasteiger partial charge is 0.398 e. The van der Waals surface area contributed by atoms with Crippen molar-refractivity contribution in [2.45, 2.75) is 20.3 Å². The summed E-state index contributed by atoms with van der Waals surface area (Å²) < 4.78 is 0. The van der Waals surface area contributed by atoms with Crippen molar-refractivity contribution in [2.75, 3.05) is 31.9 Å². The zero-order valence-electron chi connectivity index (χ0n) is 11.3. The van der Waals surface area contributed by atoms with Crippen LogP contribution < -0.4 is 11.1 Å². The molecule has 0 radical (unpaired) electrons. The second-order valence-corrected chi connectivity index (χ2v) is 4.25. The summed E-state index contributed by atoms with van der Waals surface area (Å²) in [4.78, 5) is 14.0. The predicted octanol–water partition coefficient (Wildman–Crippen LogP) is 1.27. The number of hydrogen-bond donors (Lipinski definition) is 2. The average molecular weight is 249 g/mol. The average Bonchev–Trinajstić information content (AvgIpc) is 2.37. The van der Waals surface area contributed by atoms with E-state index in [4.69, 9.17) is 5.73 Å². The molecule has 0 unspecified atom stereocenters. The first-order chi connectivity index (χ1) is 8.67. The fourth-order valence-corrected chi connectivity index (χ4v) is 1.82. The van der Waals surface area contributed by atoms with Gasteiger partial charge >= 0.3 is 0 Å². The molecular weight excluding hydrogens is 226 g/mol. The number of nitrogens with zero attached hydrogens (tertiary/aromatic N) is 1. The van der Waals surface area contributed by atoms with E-state index in [0.29, 0.717) is 18.7 Å². The van der Waals surface area contributed by atoms with Crippen LogP contribution in [0.4, 0.5) is 5.69 Å². The Morgan fingerprint density at radius 3 is 2.56 bits per heavy atom. The van der Waals surface area contributed by atoms with Crippen molar-refractivity contribution in [1.29, 1.82) is 0 Å². The number of benzene rings is 1. The molecular formula is C14H23N3O. The third-order valence-electron chi connectivity index (χ3n) is 3.05. The van der Waals surface area contributed by atoms with Gasteiger partial charge in [0.05, 0.1) is 6.42 Å². The molecule has 0 saturated heterocycles. The quantitative estimate of drug-likeness (QED) is 0.715. The number of hydrogen-bond acceptors (Lipinski definition) is 3. The highest BCUT2D eigenvalue weighted by molar-refractivity contribution is 5.80. The number of carbonyl (C=O) groups is 1. The van der Waals surface area contributed by atoms with Crippen LogP contribution >= 0.6 is 0 Å². The standard InChI is InChI=1S/C14H23N3O/c1-3-17(4-2)10-9-16-14(18)11-12-7-5-6-8-13(12)15/h5-8H,3-4,9-11,15H2,1-2H3,(H,16,18). The van der Waals surface area contributed by atoms with Crippen LogP contribution in [0.5, 0.6) is 0 Å².